The second-order valence-corrected chi connectivity index (χ2v) is 3.77. The number of nitrogens with one attached hydrogen (secondary N) is 1. The van der Waals surface area contributed by atoms with Crippen LogP contribution in [0.2, 0.25) is 0 Å². The average molecular weight is 253 g/mol. The molecule has 0 bridgehead atoms. The molecular weight excluding hydrogens is 244 g/mol. The smallest absolute Gasteiger partial charge is 0.0935 e. The Labute approximate surface area is 89.9 Å². The molecule has 0 saturated carbocycles. The Morgan fingerprint density at radius 1 is 1.36 bits per heavy atom. The lowest BCUT2D eigenvalue weighted by atomic mass is 10.1. The summed E-state index contributed by atoms with van der Waals surface area (Å²) in [5.74, 6) is 0. The zero-order valence-corrected chi connectivity index (χ0v) is 8.95. The van der Waals surface area contributed by atoms with Crippen LogP contribution in [-0.2, 0) is 6.61 Å². The Morgan fingerprint density at radius 2 is 2.14 bits per heavy atom. The van der Waals surface area contributed by atoms with Crippen LogP contribution in [0.1, 0.15) is 5.69 Å². The van der Waals surface area contributed by atoms with Crippen LogP contribution in [0.3, 0.4) is 0 Å². The van der Waals surface area contributed by atoms with Crippen LogP contribution in [0.4, 0.5) is 0 Å². The van der Waals surface area contributed by atoms with Crippen LogP contribution in [0.25, 0.3) is 11.3 Å². The molecule has 72 valence electrons. The Morgan fingerprint density at radius 3 is 2.79 bits per heavy atom. The monoisotopic (exact) mass is 252 g/mol. The number of hydrogen-bond acceptors (Lipinski definition) is 2. The zero-order chi connectivity index (χ0) is 9.97. The van der Waals surface area contributed by atoms with Crippen molar-refractivity contribution < 1.29 is 5.11 Å². The van der Waals surface area contributed by atoms with Gasteiger partial charge in [-0.3, -0.25) is 5.10 Å². The summed E-state index contributed by atoms with van der Waals surface area (Å²) in [6, 6.07) is 9.67. The van der Waals surface area contributed by atoms with Gasteiger partial charge in [-0.05, 0) is 12.1 Å². The molecule has 1 heterocycles. The SMILES string of the molecule is OCc1cc(-c2ccccc2Br)n[nH]1. The van der Waals surface area contributed by atoms with E-state index in [1.165, 1.54) is 0 Å². The van der Waals surface area contributed by atoms with E-state index in [1.807, 2.05) is 30.3 Å². The Balaban J connectivity index is 2.44. The first-order valence-electron chi connectivity index (χ1n) is 4.21. The highest BCUT2D eigenvalue weighted by molar-refractivity contribution is 9.10. The second-order valence-electron chi connectivity index (χ2n) is 2.92. The van der Waals surface area contributed by atoms with Gasteiger partial charge in [-0.15, -0.1) is 0 Å². The van der Waals surface area contributed by atoms with Crippen LogP contribution in [0, 0.1) is 0 Å². The van der Waals surface area contributed by atoms with Crippen molar-refractivity contribution in [1.29, 1.82) is 0 Å². The minimum atomic E-state index is -0.0164. The Hall–Kier alpha value is -1.13. The molecule has 0 fully saturated rings. The van der Waals surface area contributed by atoms with Gasteiger partial charge < -0.3 is 5.11 Å². The maximum absolute atomic E-state index is 8.88. The lowest BCUT2D eigenvalue weighted by molar-refractivity contribution is 0.276. The lowest BCUT2D eigenvalue weighted by Crippen LogP contribution is -1.79. The quantitative estimate of drug-likeness (QED) is 0.862. The van der Waals surface area contributed by atoms with Crippen LogP contribution in [0.15, 0.2) is 34.8 Å². The maximum Gasteiger partial charge on any atom is 0.0935 e. The third-order valence-electron chi connectivity index (χ3n) is 1.95. The molecule has 0 aliphatic rings. The van der Waals surface area contributed by atoms with Crippen LogP contribution in [0.5, 0.6) is 0 Å². The number of halogens is 1. The van der Waals surface area contributed by atoms with E-state index < -0.39 is 0 Å². The molecule has 0 saturated heterocycles. The van der Waals surface area contributed by atoms with Gasteiger partial charge in [0.15, 0.2) is 0 Å². The van der Waals surface area contributed by atoms with Crippen molar-refractivity contribution in [3.8, 4) is 11.3 Å². The number of aromatic amines is 1. The highest BCUT2D eigenvalue weighted by atomic mass is 79.9. The fourth-order valence-corrected chi connectivity index (χ4v) is 1.74. The van der Waals surface area contributed by atoms with Crippen molar-refractivity contribution >= 4 is 15.9 Å². The van der Waals surface area contributed by atoms with E-state index in [4.69, 9.17) is 5.11 Å². The van der Waals surface area contributed by atoms with Gasteiger partial charge in [0.1, 0.15) is 0 Å². The topological polar surface area (TPSA) is 48.9 Å². The molecule has 0 atom stereocenters. The van der Waals surface area contributed by atoms with Crippen molar-refractivity contribution in [3.63, 3.8) is 0 Å². The number of aliphatic hydroxyl groups excluding tert-OH is 1. The summed E-state index contributed by atoms with van der Waals surface area (Å²) < 4.78 is 0.996. The lowest BCUT2D eigenvalue weighted by Gasteiger charge is -1.98. The summed E-state index contributed by atoms with van der Waals surface area (Å²) in [6.45, 7) is -0.0164. The number of aliphatic hydroxyl groups is 1. The summed E-state index contributed by atoms with van der Waals surface area (Å²) in [6.07, 6.45) is 0. The fraction of sp³-hybridized carbons (Fsp3) is 0.100. The number of nitrogens with zero attached hydrogens (tertiary/aromatic N) is 1. The standard InChI is InChI=1S/C10H9BrN2O/c11-9-4-2-1-3-8(9)10-5-7(6-14)12-13-10/h1-5,14H,6H2,(H,12,13). The molecule has 1 aromatic carbocycles. The van der Waals surface area contributed by atoms with Crippen LogP contribution >= 0.6 is 15.9 Å². The molecule has 0 aliphatic carbocycles. The van der Waals surface area contributed by atoms with Gasteiger partial charge in [-0.25, -0.2) is 0 Å². The number of benzene rings is 1. The number of rotatable bonds is 2. The third-order valence-corrected chi connectivity index (χ3v) is 2.64. The van der Waals surface area contributed by atoms with E-state index >= 15 is 0 Å². The third kappa shape index (κ3) is 1.71. The average Bonchev–Trinajstić information content (AvgIpc) is 2.67. The highest BCUT2D eigenvalue weighted by Crippen LogP contribution is 2.26. The molecule has 0 amide bonds. The Bertz CT molecular complexity index is 439. The molecule has 0 unspecified atom stereocenters. The summed E-state index contributed by atoms with van der Waals surface area (Å²) in [7, 11) is 0. The van der Waals surface area contributed by atoms with Crippen molar-refractivity contribution in [2.45, 2.75) is 6.61 Å². The molecule has 0 radical (unpaired) electrons. The first-order chi connectivity index (χ1) is 6.81. The summed E-state index contributed by atoms with van der Waals surface area (Å²) in [4.78, 5) is 0. The van der Waals surface area contributed by atoms with Gasteiger partial charge in [0.05, 0.1) is 18.0 Å². The number of H-pyrrole nitrogens is 1. The van der Waals surface area contributed by atoms with E-state index in [9.17, 15) is 0 Å². The Kier molecular flexibility index (Phi) is 2.65. The summed E-state index contributed by atoms with van der Waals surface area (Å²) in [5, 5.41) is 15.7. The molecule has 2 N–H and O–H groups in total. The number of hydrogen-bond donors (Lipinski definition) is 2. The van der Waals surface area contributed by atoms with E-state index in [1.54, 1.807) is 0 Å². The van der Waals surface area contributed by atoms with Crippen molar-refractivity contribution in [1.82, 2.24) is 10.2 Å². The zero-order valence-electron chi connectivity index (χ0n) is 7.37. The molecule has 14 heavy (non-hydrogen) atoms. The van der Waals surface area contributed by atoms with Crippen molar-refractivity contribution in [3.05, 3.63) is 40.5 Å². The van der Waals surface area contributed by atoms with E-state index in [-0.39, 0.29) is 6.61 Å². The highest BCUT2D eigenvalue weighted by Gasteiger charge is 2.05. The predicted molar refractivity (Wildman–Crippen MR) is 57.6 cm³/mol. The van der Waals surface area contributed by atoms with Crippen LogP contribution in [-0.4, -0.2) is 15.3 Å². The molecule has 1 aromatic heterocycles. The molecule has 3 nitrogen and oxygen atoms in total. The number of aromatic nitrogens is 2. The molecular formula is C10H9BrN2O. The van der Waals surface area contributed by atoms with Crippen LogP contribution < -0.4 is 0 Å². The van der Waals surface area contributed by atoms with E-state index in [0.717, 1.165) is 21.4 Å². The molecule has 4 heteroatoms. The molecule has 2 aromatic rings. The molecule has 0 aliphatic heterocycles. The first-order valence-corrected chi connectivity index (χ1v) is 5.00. The van der Waals surface area contributed by atoms with Gasteiger partial charge in [0, 0.05) is 10.0 Å². The first kappa shape index (κ1) is 9.43. The van der Waals surface area contributed by atoms with Crippen molar-refractivity contribution in [2.75, 3.05) is 0 Å². The molecule has 0 spiro atoms. The summed E-state index contributed by atoms with van der Waals surface area (Å²) >= 11 is 3.45. The van der Waals surface area contributed by atoms with Gasteiger partial charge in [-0.1, -0.05) is 34.1 Å². The largest absolute Gasteiger partial charge is 0.390 e. The van der Waals surface area contributed by atoms with Gasteiger partial charge in [0.25, 0.3) is 0 Å². The molecule has 2 rings (SSSR count). The van der Waals surface area contributed by atoms with Gasteiger partial charge in [0.2, 0.25) is 0 Å². The van der Waals surface area contributed by atoms with E-state index in [0.29, 0.717) is 0 Å². The predicted octanol–water partition coefficient (Wildman–Crippen LogP) is 2.33. The van der Waals surface area contributed by atoms with E-state index in [2.05, 4.69) is 26.1 Å². The van der Waals surface area contributed by atoms with Gasteiger partial charge in [-0.2, -0.15) is 5.10 Å². The second kappa shape index (κ2) is 3.94. The minimum Gasteiger partial charge on any atom is -0.390 e. The van der Waals surface area contributed by atoms with Crippen molar-refractivity contribution in [2.24, 2.45) is 0 Å². The normalized spacial score (nSPS) is 10.4. The van der Waals surface area contributed by atoms with Gasteiger partial charge >= 0.3 is 0 Å². The fourth-order valence-electron chi connectivity index (χ4n) is 1.25. The summed E-state index contributed by atoms with van der Waals surface area (Å²) in [5.41, 5.74) is 2.57. The minimum absolute atomic E-state index is 0.0164. The maximum atomic E-state index is 8.88.